The zero-order chi connectivity index (χ0) is 14.6. The summed E-state index contributed by atoms with van der Waals surface area (Å²) < 4.78 is 5.50. The van der Waals surface area contributed by atoms with Crippen LogP contribution < -0.4 is 5.32 Å². The van der Waals surface area contributed by atoms with Crippen molar-refractivity contribution in [2.75, 3.05) is 7.11 Å². The van der Waals surface area contributed by atoms with Gasteiger partial charge in [-0.05, 0) is 59.1 Å². The van der Waals surface area contributed by atoms with Crippen molar-refractivity contribution in [1.82, 2.24) is 5.32 Å². The molecule has 2 heteroatoms. The van der Waals surface area contributed by atoms with Crippen molar-refractivity contribution in [3.8, 4) is 0 Å². The summed E-state index contributed by atoms with van der Waals surface area (Å²) in [5.41, 5.74) is 3.98. The summed E-state index contributed by atoms with van der Waals surface area (Å²) in [6, 6.07) is 7.43. The lowest BCUT2D eigenvalue weighted by Gasteiger charge is -2.29. The van der Waals surface area contributed by atoms with Gasteiger partial charge in [-0.3, -0.25) is 0 Å². The first-order chi connectivity index (χ1) is 8.75. The fourth-order valence-corrected chi connectivity index (χ4v) is 2.62. The van der Waals surface area contributed by atoms with Crippen LogP contribution in [-0.4, -0.2) is 18.8 Å². The predicted molar refractivity (Wildman–Crippen MR) is 82.6 cm³/mol. The second kappa shape index (κ2) is 6.53. The predicted octanol–water partition coefficient (Wildman–Crippen LogP) is 4.16. The molecule has 0 amide bonds. The zero-order valence-electron chi connectivity index (χ0n) is 13.5. The molecule has 0 saturated heterocycles. The van der Waals surface area contributed by atoms with Crippen LogP contribution in [-0.2, 0) is 4.74 Å². The molecular formula is C17H29NO. The molecule has 0 bridgehead atoms. The van der Waals surface area contributed by atoms with Gasteiger partial charge in [0.2, 0.25) is 0 Å². The van der Waals surface area contributed by atoms with Crippen LogP contribution in [0.15, 0.2) is 18.2 Å². The Morgan fingerprint density at radius 2 is 1.84 bits per heavy atom. The normalized spacial score (nSPS) is 15.3. The number of methoxy groups -OCH3 is 1. The van der Waals surface area contributed by atoms with E-state index >= 15 is 0 Å². The highest BCUT2D eigenvalue weighted by Gasteiger charge is 2.21. The molecule has 0 fully saturated rings. The van der Waals surface area contributed by atoms with E-state index in [0.717, 1.165) is 6.42 Å². The summed E-state index contributed by atoms with van der Waals surface area (Å²) in [7, 11) is 1.78. The average molecular weight is 263 g/mol. The number of ether oxygens (including phenoxy) is 1. The Hall–Kier alpha value is -0.860. The van der Waals surface area contributed by atoms with Gasteiger partial charge in [0.25, 0.3) is 0 Å². The molecule has 108 valence electrons. The molecule has 2 unspecified atom stereocenters. The molecule has 0 aliphatic carbocycles. The molecule has 1 N–H and O–H groups in total. The molecule has 0 aliphatic rings. The lowest BCUT2D eigenvalue weighted by atomic mass is 9.96. The smallest absolute Gasteiger partial charge is 0.0637 e. The maximum atomic E-state index is 5.50. The zero-order valence-corrected chi connectivity index (χ0v) is 13.5. The van der Waals surface area contributed by atoms with E-state index in [4.69, 9.17) is 4.74 Å². The van der Waals surface area contributed by atoms with Gasteiger partial charge in [0, 0.05) is 19.2 Å². The largest absolute Gasteiger partial charge is 0.379 e. The number of hydrogen-bond acceptors (Lipinski definition) is 2. The Morgan fingerprint density at radius 1 is 1.21 bits per heavy atom. The van der Waals surface area contributed by atoms with Crippen LogP contribution in [0.4, 0.5) is 0 Å². The van der Waals surface area contributed by atoms with Crippen molar-refractivity contribution in [2.24, 2.45) is 0 Å². The number of benzene rings is 1. The first-order valence-electron chi connectivity index (χ1n) is 7.13. The maximum Gasteiger partial charge on any atom is 0.0637 e. The van der Waals surface area contributed by atoms with E-state index in [0.29, 0.717) is 12.1 Å². The van der Waals surface area contributed by atoms with Gasteiger partial charge in [0.1, 0.15) is 0 Å². The first-order valence-corrected chi connectivity index (χ1v) is 7.13. The Balaban J connectivity index is 2.69. The van der Waals surface area contributed by atoms with Crippen LogP contribution in [0.5, 0.6) is 0 Å². The van der Waals surface area contributed by atoms with Gasteiger partial charge in [-0.25, -0.2) is 0 Å². The molecule has 0 heterocycles. The molecule has 2 atom stereocenters. The Labute approximate surface area is 118 Å². The monoisotopic (exact) mass is 263 g/mol. The van der Waals surface area contributed by atoms with E-state index in [2.05, 4.69) is 65.1 Å². The summed E-state index contributed by atoms with van der Waals surface area (Å²) >= 11 is 0. The standard InChI is InChI=1S/C17H29NO/c1-12-8-9-13(2)16(10-12)15(4)18-14(3)11-17(5,6)19-7/h8-10,14-15,18H,11H2,1-7H3. The van der Waals surface area contributed by atoms with E-state index in [9.17, 15) is 0 Å². The van der Waals surface area contributed by atoms with Crippen molar-refractivity contribution in [3.63, 3.8) is 0 Å². The van der Waals surface area contributed by atoms with Crippen molar-refractivity contribution in [1.29, 1.82) is 0 Å². The number of aryl methyl sites for hydroxylation is 2. The summed E-state index contributed by atoms with van der Waals surface area (Å²) in [6.45, 7) is 13.0. The maximum absolute atomic E-state index is 5.50. The quantitative estimate of drug-likeness (QED) is 0.832. The summed E-state index contributed by atoms with van der Waals surface area (Å²) in [6.07, 6.45) is 0.999. The lowest BCUT2D eigenvalue weighted by Crippen LogP contribution is -2.37. The lowest BCUT2D eigenvalue weighted by molar-refractivity contribution is 0.00782. The minimum Gasteiger partial charge on any atom is -0.379 e. The van der Waals surface area contributed by atoms with Crippen LogP contribution in [0.2, 0.25) is 0 Å². The molecular weight excluding hydrogens is 234 g/mol. The summed E-state index contributed by atoms with van der Waals surface area (Å²) in [4.78, 5) is 0. The van der Waals surface area contributed by atoms with Crippen molar-refractivity contribution < 1.29 is 4.74 Å². The molecule has 0 spiro atoms. The van der Waals surface area contributed by atoms with Crippen LogP contribution in [0.25, 0.3) is 0 Å². The van der Waals surface area contributed by atoms with Gasteiger partial charge in [0.05, 0.1) is 5.60 Å². The van der Waals surface area contributed by atoms with Gasteiger partial charge in [-0.2, -0.15) is 0 Å². The Bertz CT molecular complexity index is 412. The minimum absolute atomic E-state index is 0.0756. The molecule has 19 heavy (non-hydrogen) atoms. The highest BCUT2D eigenvalue weighted by molar-refractivity contribution is 5.32. The van der Waals surface area contributed by atoms with Crippen LogP contribution in [0, 0.1) is 13.8 Å². The molecule has 1 aromatic carbocycles. The minimum atomic E-state index is -0.0756. The van der Waals surface area contributed by atoms with Crippen LogP contribution in [0.1, 0.15) is 56.8 Å². The Morgan fingerprint density at radius 3 is 2.42 bits per heavy atom. The van der Waals surface area contributed by atoms with Gasteiger partial charge in [-0.1, -0.05) is 23.8 Å². The molecule has 0 aliphatic heterocycles. The highest BCUT2D eigenvalue weighted by Crippen LogP contribution is 2.22. The van der Waals surface area contributed by atoms with Crippen molar-refractivity contribution in [3.05, 3.63) is 34.9 Å². The third-order valence-electron chi connectivity index (χ3n) is 3.79. The Kier molecular flexibility index (Phi) is 5.57. The van der Waals surface area contributed by atoms with Gasteiger partial charge >= 0.3 is 0 Å². The van der Waals surface area contributed by atoms with E-state index in [-0.39, 0.29) is 5.60 Å². The van der Waals surface area contributed by atoms with Crippen molar-refractivity contribution in [2.45, 2.75) is 65.6 Å². The number of hydrogen-bond donors (Lipinski definition) is 1. The fraction of sp³-hybridized carbons (Fsp3) is 0.647. The van der Waals surface area contributed by atoms with Gasteiger partial charge in [-0.15, -0.1) is 0 Å². The number of nitrogens with one attached hydrogen (secondary N) is 1. The van der Waals surface area contributed by atoms with Crippen molar-refractivity contribution >= 4 is 0 Å². The SMILES string of the molecule is COC(C)(C)CC(C)NC(C)c1cc(C)ccc1C. The van der Waals surface area contributed by atoms with E-state index in [1.807, 2.05) is 0 Å². The summed E-state index contributed by atoms with van der Waals surface area (Å²) in [5.74, 6) is 0. The molecule has 1 rings (SSSR count). The van der Waals surface area contributed by atoms with Gasteiger partial charge < -0.3 is 10.1 Å². The van der Waals surface area contributed by atoms with E-state index in [1.54, 1.807) is 7.11 Å². The second-order valence-electron chi connectivity index (χ2n) is 6.32. The van der Waals surface area contributed by atoms with Crippen LogP contribution >= 0.6 is 0 Å². The average Bonchev–Trinajstić information content (AvgIpc) is 2.31. The molecule has 0 radical (unpaired) electrons. The van der Waals surface area contributed by atoms with E-state index < -0.39 is 0 Å². The summed E-state index contributed by atoms with van der Waals surface area (Å²) in [5, 5.41) is 3.67. The third kappa shape index (κ3) is 4.96. The molecule has 1 aromatic rings. The fourth-order valence-electron chi connectivity index (χ4n) is 2.62. The number of rotatable bonds is 6. The highest BCUT2D eigenvalue weighted by atomic mass is 16.5. The second-order valence-corrected chi connectivity index (χ2v) is 6.32. The first kappa shape index (κ1) is 16.2. The van der Waals surface area contributed by atoms with E-state index in [1.165, 1.54) is 16.7 Å². The van der Waals surface area contributed by atoms with Crippen LogP contribution in [0.3, 0.4) is 0 Å². The topological polar surface area (TPSA) is 21.3 Å². The molecule has 0 aromatic heterocycles. The molecule has 0 saturated carbocycles. The van der Waals surface area contributed by atoms with Gasteiger partial charge in [0.15, 0.2) is 0 Å². The molecule has 2 nitrogen and oxygen atoms in total. The third-order valence-corrected chi connectivity index (χ3v) is 3.79.